The Kier molecular flexibility index (Phi) is 6.88. The smallest absolute Gasteiger partial charge is 0.340 e. The highest BCUT2D eigenvalue weighted by atomic mass is 32.1. The molecule has 0 aliphatic carbocycles. The minimum atomic E-state index is -4.45. The highest BCUT2D eigenvalue weighted by Crippen LogP contribution is 2.32. The lowest BCUT2D eigenvalue weighted by Crippen LogP contribution is -2.48. The quantitative estimate of drug-likeness (QED) is 0.348. The molecule has 4 aromatic rings. The van der Waals surface area contributed by atoms with Crippen LogP contribution in [0.4, 0.5) is 13.2 Å². The summed E-state index contributed by atoms with van der Waals surface area (Å²) >= 11 is 1.60. The van der Waals surface area contributed by atoms with Crippen LogP contribution in [0.5, 0.6) is 0 Å². The molecule has 0 saturated carbocycles. The molecule has 0 spiro atoms. The molecule has 1 aliphatic rings. The minimum absolute atomic E-state index is 0.0322. The molecule has 5 rings (SSSR count). The van der Waals surface area contributed by atoms with Crippen LogP contribution < -0.4 is 0 Å². The van der Waals surface area contributed by atoms with Gasteiger partial charge in [0.2, 0.25) is 11.7 Å². The highest BCUT2D eigenvalue weighted by Gasteiger charge is 2.31. The van der Waals surface area contributed by atoms with Gasteiger partial charge < -0.3 is 9.42 Å². The number of carbonyl (C=O) groups is 1. The fraction of sp³-hybridized carbons (Fsp3) is 0.269. The number of hydrogen-bond acceptors (Lipinski definition) is 6. The summed E-state index contributed by atoms with van der Waals surface area (Å²) in [6, 6.07) is 14.5. The van der Waals surface area contributed by atoms with Crippen LogP contribution in [0.25, 0.3) is 22.8 Å². The first kappa shape index (κ1) is 24.2. The first-order chi connectivity index (χ1) is 17.3. The van der Waals surface area contributed by atoms with Gasteiger partial charge in [0.15, 0.2) is 0 Å². The number of benzene rings is 2. The van der Waals surface area contributed by atoms with Crippen LogP contribution in [0, 0.1) is 0 Å². The molecule has 6 nitrogen and oxygen atoms in total. The van der Waals surface area contributed by atoms with Crippen LogP contribution in [0.3, 0.4) is 0 Å². The second kappa shape index (κ2) is 10.2. The average molecular weight is 513 g/mol. The number of thiophene rings is 1. The zero-order valence-electron chi connectivity index (χ0n) is 19.2. The third-order valence-electron chi connectivity index (χ3n) is 6.11. The molecule has 1 aliphatic heterocycles. The van der Waals surface area contributed by atoms with Crippen LogP contribution in [0.15, 0.2) is 69.9 Å². The molecule has 0 unspecified atom stereocenters. The van der Waals surface area contributed by atoms with Crippen molar-refractivity contribution in [1.29, 1.82) is 0 Å². The predicted octanol–water partition coefficient (Wildman–Crippen LogP) is 5.37. The number of nitrogens with zero attached hydrogens (tertiary/aromatic N) is 4. The zero-order valence-corrected chi connectivity index (χ0v) is 20.1. The first-order valence-corrected chi connectivity index (χ1v) is 12.4. The lowest BCUT2D eigenvalue weighted by Gasteiger charge is -2.34. The number of carbonyl (C=O) groups excluding carboxylic acids is 1. The summed E-state index contributed by atoms with van der Waals surface area (Å²) in [6.07, 6.45) is -4.01. The molecule has 2 aromatic carbocycles. The number of amides is 1. The Labute approximate surface area is 210 Å². The molecular weight excluding hydrogens is 489 g/mol. The summed E-state index contributed by atoms with van der Waals surface area (Å²) in [5.41, 5.74) is 2.28. The van der Waals surface area contributed by atoms with E-state index in [1.165, 1.54) is 12.1 Å². The van der Waals surface area contributed by atoms with E-state index in [9.17, 15) is 18.0 Å². The van der Waals surface area contributed by atoms with Gasteiger partial charge in [0.1, 0.15) is 0 Å². The number of aromatic nitrogens is 2. The van der Waals surface area contributed by atoms with E-state index in [0.29, 0.717) is 31.9 Å². The van der Waals surface area contributed by atoms with Crippen molar-refractivity contribution in [3.8, 4) is 22.8 Å². The number of halogens is 3. The maximum absolute atomic E-state index is 13.0. The monoisotopic (exact) mass is 512 g/mol. The SMILES string of the molecule is O=C(Cc1ccsc1)N1CCN(Cc2cccc(-c3noc(-c4cccc(C(F)(F)F)c4)n3)c2)CC1. The topological polar surface area (TPSA) is 62.5 Å². The molecule has 186 valence electrons. The van der Waals surface area contributed by atoms with Gasteiger partial charge in [-0.2, -0.15) is 29.5 Å². The standard InChI is InChI=1S/C26H23F3N4O2S/c27-26(28,29)22-6-2-5-21(15-22)25-30-24(31-35-25)20-4-1-3-18(13-20)16-32-8-10-33(11-9-32)23(34)14-19-7-12-36-17-19/h1-7,12-13,15,17H,8-11,14,16H2. The van der Waals surface area contributed by atoms with Crippen molar-refractivity contribution >= 4 is 17.2 Å². The van der Waals surface area contributed by atoms with Crippen molar-refractivity contribution in [3.05, 3.63) is 82.0 Å². The fourth-order valence-electron chi connectivity index (χ4n) is 4.19. The number of alkyl halides is 3. The van der Waals surface area contributed by atoms with Gasteiger partial charge in [-0.1, -0.05) is 29.4 Å². The molecule has 0 bridgehead atoms. The molecule has 2 aromatic heterocycles. The molecule has 0 radical (unpaired) electrons. The Bertz CT molecular complexity index is 1330. The third kappa shape index (κ3) is 5.66. The Balaban J connectivity index is 1.21. The van der Waals surface area contributed by atoms with E-state index in [1.807, 2.05) is 46.0 Å². The van der Waals surface area contributed by atoms with Crippen LogP contribution in [0.2, 0.25) is 0 Å². The van der Waals surface area contributed by atoms with E-state index in [4.69, 9.17) is 4.52 Å². The summed E-state index contributed by atoms with van der Waals surface area (Å²) in [5.74, 6) is 0.501. The predicted molar refractivity (Wildman–Crippen MR) is 130 cm³/mol. The Hall–Kier alpha value is -3.50. The third-order valence-corrected chi connectivity index (χ3v) is 6.85. The maximum atomic E-state index is 13.0. The van der Waals surface area contributed by atoms with Crippen LogP contribution in [0.1, 0.15) is 16.7 Å². The molecule has 10 heteroatoms. The maximum Gasteiger partial charge on any atom is 0.416 e. The van der Waals surface area contributed by atoms with Crippen molar-refractivity contribution in [2.75, 3.05) is 26.2 Å². The zero-order chi connectivity index (χ0) is 25.1. The molecule has 0 N–H and O–H groups in total. The molecule has 3 heterocycles. The van der Waals surface area contributed by atoms with E-state index in [1.54, 1.807) is 11.3 Å². The van der Waals surface area contributed by atoms with Crippen LogP contribution in [-0.2, 0) is 23.9 Å². The van der Waals surface area contributed by atoms with Gasteiger partial charge in [0, 0.05) is 43.9 Å². The van der Waals surface area contributed by atoms with E-state index in [2.05, 4.69) is 15.0 Å². The number of hydrogen-bond donors (Lipinski definition) is 0. The molecule has 1 fully saturated rings. The van der Waals surface area contributed by atoms with Gasteiger partial charge in [-0.05, 0) is 52.2 Å². The molecule has 1 saturated heterocycles. The van der Waals surface area contributed by atoms with Gasteiger partial charge in [-0.25, -0.2) is 0 Å². The molecule has 36 heavy (non-hydrogen) atoms. The van der Waals surface area contributed by atoms with Gasteiger partial charge in [0.05, 0.1) is 12.0 Å². The van der Waals surface area contributed by atoms with E-state index >= 15 is 0 Å². The van der Waals surface area contributed by atoms with Crippen molar-refractivity contribution in [1.82, 2.24) is 19.9 Å². The van der Waals surface area contributed by atoms with Gasteiger partial charge in [-0.3, -0.25) is 9.69 Å². The Morgan fingerprint density at radius 2 is 1.75 bits per heavy atom. The summed E-state index contributed by atoms with van der Waals surface area (Å²) in [4.78, 5) is 21.1. The molecular formula is C26H23F3N4O2S. The van der Waals surface area contributed by atoms with Crippen LogP contribution >= 0.6 is 11.3 Å². The summed E-state index contributed by atoms with van der Waals surface area (Å²) < 4.78 is 44.4. The average Bonchev–Trinajstić information content (AvgIpc) is 3.57. The second-order valence-corrected chi connectivity index (χ2v) is 9.45. The van der Waals surface area contributed by atoms with Crippen molar-refractivity contribution in [3.63, 3.8) is 0 Å². The largest absolute Gasteiger partial charge is 0.416 e. The van der Waals surface area contributed by atoms with Crippen molar-refractivity contribution < 1.29 is 22.5 Å². The molecule has 0 atom stereocenters. The van der Waals surface area contributed by atoms with Crippen LogP contribution in [-0.4, -0.2) is 52.0 Å². The van der Waals surface area contributed by atoms with Gasteiger partial charge >= 0.3 is 6.18 Å². The van der Waals surface area contributed by atoms with E-state index < -0.39 is 11.7 Å². The molecule has 1 amide bonds. The first-order valence-electron chi connectivity index (χ1n) is 11.5. The normalized spacial score (nSPS) is 14.8. The second-order valence-electron chi connectivity index (χ2n) is 8.67. The Morgan fingerprint density at radius 1 is 0.972 bits per heavy atom. The lowest BCUT2D eigenvalue weighted by atomic mass is 10.1. The van der Waals surface area contributed by atoms with Gasteiger partial charge in [-0.15, -0.1) is 0 Å². The lowest BCUT2D eigenvalue weighted by molar-refractivity contribution is -0.137. The van der Waals surface area contributed by atoms with Crippen molar-refractivity contribution in [2.45, 2.75) is 19.1 Å². The highest BCUT2D eigenvalue weighted by molar-refractivity contribution is 7.08. The number of rotatable bonds is 6. The van der Waals surface area contributed by atoms with E-state index in [0.717, 1.165) is 41.9 Å². The summed E-state index contributed by atoms with van der Waals surface area (Å²) in [5, 5.41) is 7.97. The summed E-state index contributed by atoms with van der Waals surface area (Å²) in [6.45, 7) is 3.64. The fourth-order valence-corrected chi connectivity index (χ4v) is 4.86. The Morgan fingerprint density at radius 3 is 2.50 bits per heavy atom. The summed E-state index contributed by atoms with van der Waals surface area (Å²) in [7, 11) is 0. The van der Waals surface area contributed by atoms with Gasteiger partial charge in [0.25, 0.3) is 5.89 Å². The minimum Gasteiger partial charge on any atom is -0.340 e. The van der Waals surface area contributed by atoms with E-state index in [-0.39, 0.29) is 17.4 Å². The van der Waals surface area contributed by atoms with Crippen molar-refractivity contribution in [2.24, 2.45) is 0 Å². The number of piperazine rings is 1.